The van der Waals surface area contributed by atoms with Gasteiger partial charge >= 0.3 is 0 Å². The molecule has 2 fully saturated rings. The van der Waals surface area contributed by atoms with E-state index in [1.807, 2.05) is 0 Å². The van der Waals surface area contributed by atoms with E-state index in [1.54, 1.807) is 4.31 Å². The lowest BCUT2D eigenvalue weighted by atomic mass is 9.76. The highest BCUT2D eigenvalue weighted by atomic mass is 32.2. The third-order valence-electron chi connectivity index (χ3n) is 5.06. The van der Waals surface area contributed by atoms with Crippen molar-refractivity contribution in [3.8, 4) is 0 Å². The lowest BCUT2D eigenvalue weighted by molar-refractivity contribution is 0.0698. The van der Waals surface area contributed by atoms with Crippen LogP contribution in [0.5, 0.6) is 0 Å². The molecule has 3 unspecified atom stereocenters. The normalized spacial score (nSPS) is 34.5. The van der Waals surface area contributed by atoms with Crippen LogP contribution >= 0.6 is 0 Å². The van der Waals surface area contributed by atoms with Crippen molar-refractivity contribution in [1.29, 1.82) is 0 Å². The van der Waals surface area contributed by atoms with E-state index in [0.29, 0.717) is 25.0 Å². The van der Waals surface area contributed by atoms with Crippen molar-refractivity contribution in [1.82, 2.24) is 9.21 Å². The summed E-state index contributed by atoms with van der Waals surface area (Å²) in [4.78, 5) is 2.42. The summed E-state index contributed by atoms with van der Waals surface area (Å²) in [6.07, 6.45) is 4.79. The van der Waals surface area contributed by atoms with Gasteiger partial charge in [-0.05, 0) is 31.1 Å². The number of hydrogen-bond acceptors (Lipinski definition) is 4. The zero-order valence-corrected chi connectivity index (χ0v) is 13.8. The van der Waals surface area contributed by atoms with Crippen LogP contribution in [0.4, 0.5) is 0 Å². The number of rotatable bonds is 3. The van der Waals surface area contributed by atoms with Gasteiger partial charge in [-0.25, -0.2) is 8.42 Å². The van der Waals surface area contributed by atoms with Crippen LogP contribution < -0.4 is 5.73 Å². The molecule has 118 valence electrons. The van der Waals surface area contributed by atoms with Gasteiger partial charge in [-0.3, -0.25) is 4.90 Å². The number of sulfonamides is 1. The van der Waals surface area contributed by atoms with Gasteiger partial charge < -0.3 is 5.73 Å². The zero-order valence-electron chi connectivity index (χ0n) is 13.0. The van der Waals surface area contributed by atoms with Gasteiger partial charge in [0.25, 0.3) is 0 Å². The van der Waals surface area contributed by atoms with Crippen LogP contribution in [0.1, 0.15) is 33.1 Å². The summed E-state index contributed by atoms with van der Waals surface area (Å²) in [5.74, 6) is 1.47. The molecule has 0 aromatic heterocycles. The molecule has 0 aromatic carbocycles. The van der Waals surface area contributed by atoms with E-state index in [4.69, 9.17) is 5.73 Å². The third kappa shape index (κ3) is 3.72. The Hall–Kier alpha value is -0.170. The molecule has 2 aliphatic rings. The minimum Gasteiger partial charge on any atom is -0.326 e. The molecular formula is C14H29N3O2S. The van der Waals surface area contributed by atoms with E-state index in [2.05, 4.69) is 18.7 Å². The highest BCUT2D eigenvalue weighted by Crippen LogP contribution is 2.32. The summed E-state index contributed by atoms with van der Waals surface area (Å²) in [5, 5.41) is 0. The molecular weight excluding hydrogens is 274 g/mol. The fraction of sp³-hybridized carbons (Fsp3) is 1.00. The minimum absolute atomic E-state index is 0.245. The summed E-state index contributed by atoms with van der Waals surface area (Å²) in [6.45, 7) is 7.43. The largest absolute Gasteiger partial charge is 0.326 e. The van der Waals surface area contributed by atoms with Crippen LogP contribution in [0, 0.1) is 11.8 Å². The predicted octanol–water partition coefficient (Wildman–Crippen LogP) is 0.716. The second-order valence-electron chi connectivity index (χ2n) is 6.75. The summed E-state index contributed by atoms with van der Waals surface area (Å²) >= 11 is 0. The molecule has 1 aliphatic carbocycles. The smallest absolute Gasteiger partial charge is 0.211 e. The molecule has 1 saturated heterocycles. The maximum atomic E-state index is 11.6. The van der Waals surface area contributed by atoms with E-state index in [9.17, 15) is 8.42 Å². The van der Waals surface area contributed by atoms with Crippen molar-refractivity contribution in [3.05, 3.63) is 0 Å². The number of nitrogens with two attached hydrogens (primary N) is 1. The molecule has 5 nitrogen and oxygen atoms in total. The predicted molar refractivity (Wildman–Crippen MR) is 81.9 cm³/mol. The van der Waals surface area contributed by atoms with Crippen LogP contribution in [0.3, 0.4) is 0 Å². The van der Waals surface area contributed by atoms with Crippen LogP contribution in [-0.2, 0) is 10.0 Å². The first-order valence-corrected chi connectivity index (χ1v) is 9.58. The molecule has 2 rings (SSSR count). The highest BCUT2D eigenvalue weighted by molar-refractivity contribution is 7.88. The summed E-state index contributed by atoms with van der Waals surface area (Å²) < 4.78 is 24.7. The molecule has 1 heterocycles. The van der Waals surface area contributed by atoms with E-state index in [1.165, 1.54) is 12.7 Å². The Morgan fingerprint density at radius 2 is 1.70 bits per heavy atom. The van der Waals surface area contributed by atoms with E-state index in [-0.39, 0.29) is 6.04 Å². The SMILES string of the molecule is CC(C)C1CCC(N)C(N2CCN(S(C)(=O)=O)CC2)C1. The van der Waals surface area contributed by atoms with Gasteiger partial charge in [0.05, 0.1) is 6.26 Å². The average molecular weight is 303 g/mol. The molecule has 0 spiro atoms. The number of piperazine rings is 1. The van der Waals surface area contributed by atoms with Gasteiger partial charge in [0.2, 0.25) is 10.0 Å². The van der Waals surface area contributed by atoms with Crippen molar-refractivity contribution in [2.45, 2.75) is 45.2 Å². The van der Waals surface area contributed by atoms with Gasteiger partial charge in [-0.2, -0.15) is 4.31 Å². The molecule has 0 radical (unpaired) electrons. The van der Waals surface area contributed by atoms with E-state index in [0.717, 1.165) is 31.8 Å². The Labute approximate surface area is 123 Å². The van der Waals surface area contributed by atoms with Gasteiger partial charge in [-0.1, -0.05) is 13.8 Å². The van der Waals surface area contributed by atoms with Gasteiger partial charge in [0.1, 0.15) is 0 Å². The summed E-state index contributed by atoms with van der Waals surface area (Å²) in [6, 6.07) is 0.674. The molecule has 1 aliphatic heterocycles. The van der Waals surface area contributed by atoms with Gasteiger partial charge in [-0.15, -0.1) is 0 Å². The lowest BCUT2D eigenvalue weighted by Crippen LogP contribution is -2.58. The maximum absolute atomic E-state index is 11.6. The van der Waals surface area contributed by atoms with E-state index >= 15 is 0 Å². The second kappa shape index (κ2) is 6.30. The van der Waals surface area contributed by atoms with E-state index < -0.39 is 10.0 Å². The van der Waals surface area contributed by atoms with Crippen molar-refractivity contribution >= 4 is 10.0 Å². The fourth-order valence-electron chi connectivity index (χ4n) is 3.59. The first-order valence-electron chi connectivity index (χ1n) is 7.73. The Kier molecular flexibility index (Phi) is 5.10. The Morgan fingerprint density at radius 1 is 1.10 bits per heavy atom. The van der Waals surface area contributed by atoms with Crippen LogP contribution in [0.2, 0.25) is 0 Å². The molecule has 0 bridgehead atoms. The van der Waals surface area contributed by atoms with Crippen molar-refractivity contribution in [2.24, 2.45) is 17.6 Å². The van der Waals surface area contributed by atoms with Crippen LogP contribution in [0.25, 0.3) is 0 Å². The molecule has 0 aromatic rings. The first kappa shape index (κ1) is 16.2. The maximum Gasteiger partial charge on any atom is 0.211 e. The molecule has 6 heteroatoms. The molecule has 1 saturated carbocycles. The molecule has 0 amide bonds. The van der Waals surface area contributed by atoms with Crippen LogP contribution in [0.15, 0.2) is 0 Å². The summed E-state index contributed by atoms with van der Waals surface area (Å²) in [7, 11) is -3.04. The summed E-state index contributed by atoms with van der Waals surface area (Å²) in [5.41, 5.74) is 6.32. The molecule has 20 heavy (non-hydrogen) atoms. The Morgan fingerprint density at radius 3 is 2.20 bits per heavy atom. The first-order chi connectivity index (χ1) is 9.29. The lowest BCUT2D eigenvalue weighted by Gasteiger charge is -2.45. The average Bonchev–Trinajstić information content (AvgIpc) is 2.38. The standard InChI is InChI=1S/C14H29N3O2S/c1-11(2)12-4-5-13(15)14(10-12)16-6-8-17(9-7-16)20(3,18)19/h11-14H,4-10,15H2,1-3H3. The quantitative estimate of drug-likeness (QED) is 0.834. The number of hydrogen-bond donors (Lipinski definition) is 1. The topological polar surface area (TPSA) is 66.6 Å². The van der Waals surface area contributed by atoms with Crippen molar-refractivity contribution < 1.29 is 8.42 Å². The second-order valence-corrected chi connectivity index (χ2v) is 8.73. The van der Waals surface area contributed by atoms with Gasteiger partial charge in [0.15, 0.2) is 0 Å². The van der Waals surface area contributed by atoms with Crippen molar-refractivity contribution in [2.75, 3.05) is 32.4 Å². The Balaban J connectivity index is 1.95. The van der Waals surface area contributed by atoms with Gasteiger partial charge in [0, 0.05) is 38.3 Å². The zero-order chi connectivity index (χ0) is 14.9. The van der Waals surface area contributed by atoms with Crippen molar-refractivity contribution in [3.63, 3.8) is 0 Å². The fourth-order valence-corrected chi connectivity index (χ4v) is 4.42. The molecule has 2 N–H and O–H groups in total. The molecule has 3 atom stereocenters. The third-order valence-corrected chi connectivity index (χ3v) is 6.37. The minimum atomic E-state index is -3.04. The highest BCUT2D eigenvalue weighted by Gasteiger charge is 2.35. The van der Waals surface area contributed by atoms with Crippen LogP contribution in [-0.4, -0.2) is 62.1 Å². The Bertz CT molecular complexity index is 416. The number of nitrogens with zero attached hydrogens (tertiary/aromatic N) is 2. The monoisotopic (exact) mass is 303 g/mol.